The van der Waals surface area contributed by atoms with Gasteiger partial charge in [0.25, 0.3) is 0 Å². The Morgan fingerprint density at radius 2 is 2.26 bits per heavy atom. The van der Waals surface area contributed by atoms with Crippen LogP contribution in [0.4, 0.5) is 4.39 Å². The van der Waals surface area contributed by atoms with Gasteiger partial charge < -0.3 is 4.74 Å². The van der Waals surface area contributed by atoms with Crippen LogP contribution in [0.2, 0.25) is 5.02 Å². The first kappa shape index (κ1) is 16.0. The second-order valence-corrected chi connectivity index (χ2v) is 6.55. The topological polar surface area (TPSA) is 39.9 Å². The van der Waals surface area contributed by atoms with E-state index >= 15 is 0 Å². The smallest absolute Gasteiger partial charge is 0.165 e. The minimum atomic E-state index is -0.390. The number of aromatic nitrogens is 3. The Labute approximate surface area is 142 Å². The van der Waals surface area contributed by atoms with Crippen LogP contribution in [-0.4, -0.2) is 21.9 Å². The molecule has 0 fully saturated rings. The average Bonchev–Trinajstić information content (AvgIpc) is 3.16. The molecule has 0 radical (unpaired) electrons. The van der Waals surface area contributed by atoms with E-state index in [0.29, 0.717) is 5.02 Å². The molecule has 3 aromatic rings. The molecule has 0 bridgehead atoms. The fourth-order valence-electron chi connectivity index (χ4n) is 2.27. The molecule has 0 aliphatic rings. The maximum atomic E-state index is 13.8. The fourth-order valence-corrected chi connectivity index (χ4v) is 3.33. The Balaban J connectivity index is 1.76. The highest BCUT2D eigenvalue weighted by atomic mass is 35.5. The molecule has 0 saturated carbocycles. The van der Waals surface area contributed by atoms with Crippen LogP contribution >= 0.6 is 22.9 Å². The maximum absolute atomic E-state index is 13.8. The SMILES string of the molecule is COc1ccc(-c2csc(C[C@@H](C)n3cc(Cl)cn3)n2)cc1F. The van der Waals surface area contributed by atoms with Gasteiger partial charge in [-0.15, -0.1) is 11.3 Å². The Morgan fingerprint density at radius 3 is 2.91 bits per heavy atom. The van der Waals surface area contributed by atoms with Crippen LogP contribution in [-0.2, 0) is 6.42 Å². The van der Waals surface area contributed by atoms with Crippen molar-refractivity contribution in [1.82, 2.24) is 14.8 Å². The van der Waals surface area contributed by atoms with E-state index in [-0.39, 0.29) is 17.6 Å². The Kier molecular flexibility index (Phi) is 4.63. The lowest BCUT2D eigenvalue weighted by atomic mass is 10.1. The third-order valence-electron chi connectivity index (χ3n) is 3.49. The van der Waals surface area contributed by atoms with Crippen molar-refractivity contribution in [2.45, 2.75) is 19.4 Å². The van der Waals surface area contributed by atoms with E-state index in [1.54, 1.807) is 35.9 Å². The average molecular weight is 352 g/mol. The van der Waals surface area contributed by atoms with Gasteiger partial charge in [-0.25, -0.2) is 9.37 Å². The highest BCUT2D eigenvalue weighted by Crippen LogP contribution is 2.28. The highest BCUT2D eigenvalue weighted by Gasteiger charge is 2.12. The van der Waals surface area contributed by atoms with Crippen molar-refractivity contribution in [1.29, 1.82) is 0 Å². The number of hydrogen-bond acceptors (Lipinski definition) is 4. The van der Waals surface area contributed by atoms with Crippen LogP contribution in [0.5, 0.6) is 5.75 Å². The van der Waals surface area contributed by atoms with E-state index in [9.17, 15) is 4.39 Å². The Bertz CT molecular complexity index is 817. The van der Waals surface area contributed by atoms with Gasteiger partial charge in [-0.05, 0) is 25.1 Å². The van der Waals surface area contributed by atoms with Gasteiger partial charge in [0.15, 0.2) is 11.6 Å². The molecule has 1 atom stereocenters. The lowest BCUT2D eigenvalue weighted by Gasteiger charge is -2.09. The van der Waals surface area contributed by atoms with Crippen molar-refractivity contribution < 1.29 is 9.13 Å². The van der Waals surface area contributed by atoms with Crippen molar-refractivity contribution in [2.75, 3.05) is 7.11 Å². The van der Waals surface area contributed by atoms with Gasteiger partial charge in [0.05, 0.1) is 35.1 Å². The van der Waals surface area contributed by atoms with E-state index in [0.717, 1.165) is 22.7 Å². The number of methoxy groups -OCH3 is 1. The molecule has 2 heterocycles. The molecule has 0 aliphatic heterocycles. The van der Waals surface area contributed by atoms with Crippen LogP contribution in [0.25, 0.3) is 11.3 Å². The molecule has 4 nitrogen and oxygen atoms in total. The quantitative estimate of drug-likeness (QED) is 0.673. The summed E-state index contributed by atoms with van der Waals surface area (Å²) in [7, 11) is 1.45. The first-order valence-corrected chi connectivity index (χ1v) is 8.30. The van der Waals surface area contributed by atoms with E-state index in [1.165, 1.54) is 13.2 Å². The summed E-state index contributed by atoms with van der Waals surface area (Å²) < 4.78 is 20.6. The predicted molar refractivity (Wildman–Crippen MR) is 89.7 cm³/mol. The molecule has 3 rings (SSSR count). The number of ether oxygens (including phenoxy) is 1. The third kappa shape index (κ3) is 3.54. The minimum absolute atomic E-state index is 0.147. The Morgan fingerprint density at radius 1 is 1.43 bits per heavy atom. The van der Waals surface area contributed by atoms with Crippen LogP contribution in [0.15, 0.2) is 36.0 Å². The van der Waals surface area contributed by atoms with Crippen LogP contribution < -0.4 is 4.74 Å². The van der Waals surface area contributed by atoms with Gasteiger partial charge in [0, 0.05) is 23.6 Å². The zero-order valence-electron chi connectivity index (χ0n) is 12.7. The van der Waals surface area contributed by atoms with Crippen LogP contribution in [0.3, 0.4) is 0 Å². The lowest BCUT2D eigenvalue weighted by Crippen LogP contribution is -2.08. The lowest BCUT2D eigenvalue weighted by molar-refractivity contribution is 0.386. The summed E-state index contributed by atoms with van der Waals surface area (Å²) in [6.45, 7) is 2.05. The molecule has 0 aliphatic carbocycles. The monoisotopic (exact) mass is 351 g/mol. The normalized spacial score (nSPS) is 12.3. The first-order valence-electron chi connectivity index (χ1n) is 7.05. The molecule has 0 saturated heterocycles. The van der Waals surface area contributed by atoms with Gasteiger partial charge >= 0.3 is 0 Å². The van der Waals surface area contributed by atoms with Gasteiger partial charge in [-0.2, -0.15) is 5.10 Å². The van der Waals surface area contributed by atoms with Gasteiger partial charge in [0.2, 0.25) is 0 Å². The second-order valence-electron chi connectivity index (χ2n) is 5.17. The zero-order valence-corrected chi connectivity index (χ0v) is 14.2. The summed E-state index contributed by atoms with van der Waals surface area (Å²) in [6, 6.07) is 5.00. The van der Waals surface area contributed by atoms with Gasteiger partial charge in [0.1, 0.15) is 0 Å². The highest BCUT2D eigenvalue weighted by molar-refractivity contribution is 7.09. The molecule has 0 N–H and O–H groups in total. The molecular formula is C16H15ClFN3OS. The molecule has 0 unspecified atom stereocenters. The van der Waals surface area contributed by atoms with E-state index in [4.69, 9.17) is 16.3 Å². The number of hydrogen-bond donors (Lipinski definition) is 0. The van der Waals surface area contributed by atoms with Crippen molar-refractivity contribution >= 4 is 22.9 Å². The summed E-state index contributed by atoms with van der Waals surface area (Å²) >= 11 is 7.44. The van der Waals surface area contributed by atoms with Crippen molar-refractivity contribution in [3.63, 3.8) is 0 Å². The van der Waals surface area contributed by atoms with E-state index in [1.807, 2.05) is 10.1 Å². The van der Waals surface area contributed by atoms with Crippen molar-refractivity contribution in [2.24, 2.45) is 0 Å². The maximum Gasteiger partial charge on any atom is 0.165 e. The van der Waals surface area contributed by atoms with Crippen LogP contribution in [0, 0.1) is 5.82 Å². The molecule has 7 heteroatoms. The number of benzene rings is 1. The fraction of sp³-hybridized carbons (Fsp3) is 0.250. The molecule has 0 amide bonds. The molecule has 1 aromatic carbocycles. The number of thiazole rings is 1. The standard InChI is InChI=1S/C16H15ClFN3OS/c1-10(21-8-12(17)7-19-21)5-16-20-14(9-23-16)11-3-4-15(22-2)13(18)6-11/h3-4,6-10H,5H2,1-2H3/t10-/m1/s1. The summed E-state index contributed by atoms with van der Waals surface area (Å²) in [5.41, 5.74) is 1.50. The van der Waals surface area contributed by atoms with E-state index < -0.39 is 0 Å². The summed E-state index contributed by atoms with van der Waals surface area (Å²) in [5, 5.41) is 7.72. The van der Waals surface area contributed by atoms with E-state index in [2.05, 4.69) is 17.0 Å². The third-order valence-corrected chi connectivity index (χ3v) is 4.56. The molecule has 120 valence electrons. The zero-order chi connectivity index (χ0) is 16.4. The predicted octanol–water partition coefficient (Wildman–Crippen LogP) is 4.61. The molecule has 2 aromatic heterocycles. The number of rotatable bonds is 5. The molecule has 0 spiro atoms. The summed E-state index contributed by atoms with van der Waals surface area (Å²) in [4.78, 5) is 4.59. The molecular weight excluding hydrogens is 337 g/mol. The largest absolute Gasteiger partial charge is 0.494 e. The Hall–Kier alpha value is -1.92. The molecule has 23 heavy (non-hydrogen) atoms. The number of halogens is 2. The van der Waals surface area contributed by atoms with Crippen molar-refractivity contribution in [3.8, 4) is 17.0 Å². The van der Waals surface area contributed by atoms with Crippen LogP contribution in [0.1, 0.15) is 18.0 Å². The second kappa shape index (κ2) is 6.68. The minimum Gasteiger partial charge on any atom is -0.494 e. The number of nitrogens with zero attached hydrogens (tertiary/aromatic N) is 3. The summed E-state index contributed by atoms with van der Waals surface area (Å²) in [6.07, 6.45) is 4.15. The summed E-state index contributed by atoms with van der Waals surface area (Å²) in [5.74, 6) is -0.160. The van der Waals surface area contributed by atoms with Gasteiger partial charge in [-0.1, -0.05) is 11.6 Å². The van der Waals surface area contributed by atoms with Crippen molar-refractivity contribution in [3.05, 3.63) is 51.8 Å². The van der Waals surface area contributed by atoms with Gasteiger partial charge in [-0.3, -0.25) is 4.68 Å². The first-order chi connectivity index (χ1) is 11.1.